The molecule has 2 saturated heterocycles. The zero-order valence-electron chi connectivity index (χ0n) is 22.5. The third-order valence-electron chi connectivity index (χ3n) is 8.34. The third-order valence-corrected chi connectivity index (χ3v) is 8.34. The number of likely N-dealkylation sites (tertiary alicyclic amines) is 2. The smallest absolute Gasteiger partial charge is 0.255 e. The first-order valence-corrected chi connectivity index (χ1v) is 13.9. The molecular weight excluding hydrogens is 484 g/mol. The van der Waals surface area contributed by atoms with Gasteiger partial charge in [0.1, 0.15) is 0 Å². The van der Waals surface area contributed by atoms with Crippen molar-refractivity contribution >= 4 is 11.6 Å². The van der Waals surface area contributed by atoms with E-state index in [1.807, 2.05) is 58.3 Å². The van der Waals surface area contributed by atoms with Gasteiger partial charge in [0.15, 0.2) is 0 Å². The van der Waals surface area contributed by atoms with Crippen LogP contribution in [-0.4, -0.2) is 59.5 Å². The molecule has 0 atom stereocenters. The highest BCUT2D eigenvalue weighted by molar-refractivity contribution is 5.97. The van der Waals surface area contributed by atoms with Crippen LogP contribution >= 0.6 is 0 Å². The fourth-order valence-electron chi connectivity index (χ4n) is 6.11. The van der Waals surface area contributed by atoms with Gasteiger partial charge in [-0.15, -0.1) is 0 Å². The summed E-state index contributed by atoms with van der Waals surface area (Å²) in [6.07, 6.45) is 8.15. The lowest BCUT2D eigenvalue weighted by Gasteiger charge is -2.39. The number of rotatable bonds is 9. The zero-order valence-corrected chi connectivity index (χ0v) is 22.5. The Labute approximate surface area is 231 Å². The largest absolute Gasteiger partial charge is 0.369 e. The Bertz CT molecular complexity index is 1310. The van der Waals surface area contributed by atoms with Crippen molar-refractivity contribution in [3.05, 3.63) is 84.2 Å². The molecule has 0 unspecified atom stereocenters. The fraction of sp³-hybridized carbons (Fsp3) is 0.406. The van der Waals surface area contributed by atoms with Gasteiger partial charge in [0.25, 0.3) is 5.91 Å². The normalized spacial score (nSPS) is 16.6. The summed E-state index contributed by atoms with van der Waals surface area (Å²) >= 11 is 0. The van der Waals surface area contributed by atoms with Crippen molar-refractivity contribution < 1.29 is 4.79 Å². The second kappa shape index (κ2) is 12.2. The number of para-hydroxylation sites is 1. The third kappa shape index (κ3) is 6.16. The second-order valence-electron chi connectivity index (χ2n) is 10.8. The van der Waals surface area contributed by atoms with E-state index in [-0.39, 0.29) is 5.91 Å². The van der Waals surface area contributed by atoms with Crippen LogP contribution < -0.4 is 4.90 Å². The first kappa shape index (κ1) is 26.5. The van der Waals surface area contributed by atoms with E-state index in [1.165, 1.54) is 12.0 Å². The summed E-state index contributed by atoms with van der Waals surface area (Å²) in [6, 6.07) is 24.8. The van der Waals surface area contributed by atoms with Crippen molar-refractivity contribution in [3.63, 3.8) is 0 Å². The number of benzene rings is 2. The first-order chi connectivity index (χ1) is 19.1. The lowest BCUT2D eigenvalue weighted by molar-refractivity contribution is 0.0588. The van der Waals surface area contributed by atoms with Gasteiger partial charge in [0, 0.05) is 57.3 Å². The van der Waals surface area contributed by atoms with Gasteiger partial charge in [0.05, 0.1) is 36.2 Å². The predicted octanol–water partition coefficient (Wildman–Crippen LogP) is 5.24. The first-order valence-electron chi connectivity index (χ1n) is 13.9. The predicted molar refractivity (Wildman–Crippen MR) is 152 cm³/mol. The van der Waals surface area contributed by atoms with E-state index in [2.05, 4.69) is 46.2 Å². The van der Waals surface area contributed by atoms with E-state index < -0.39 is 0 Å². The van der Waals surface area contributed by atoms with E-state index in [1.54, 1.807) is 0 Å². The quantitative estimate of drug-likeness (QED) is 0.386. The molecular formula is C32H36N6O. The Hall–Kier alpha value is -4.07. The standard InChI is InChI=1S/C32H36N6O/c33-16-5-20-36(21-6-17-34)28-11-9-27(10-12-28)25-35-22-13-32(26-35)14-23-38(24-15-32)31(39)29-7-1-2-8-30(29)37-18-3-4-19-37/h1-4,7-12,18-19H,5-6,13-15,20-26H2. The fourth-order valence-corrected chi connectivity index (χ4v) is 6.11. The van der Waals surface area contributed by atoms with Crippen molar-refractivity contribution in [2.75, 3.05) is 44.2 Å². The van der Waals surface area contributed by atoms with Gasteiger partial charge in [-0.2, -0.15) is 10.5 Å². The highest BCUT2D eigenvalue weighted by atomic mass is 16.2. The summed E-state index contributed by atoms with van der Waals surface area (Å²) in [5.74, 6) is 0.127. The van der Waals surface area contributed by atoms with Gasteiger partial charge in [-0.05, 0) is 73.2 Å². The van der Waals surface area contributed by atoms with Crippen LogP contribution in [0.3, 0.4) is 0 Å². The minimum absolute atomic E-state index is 0.127. The number of nitrogens with zero attached hydrogens (tertiary/aromatic N) is 6. The van der Waals surface area contributed by atoms with Crippen LogP contribution in [0.5, 0.6) is 0 Å². The molecule has 3 aromatic rings. The molecule has 1 spiro atoms. The molecule has 1 amide bonds. The zero-order chi connectivity index (χ0) is 27.1. The number of hydrogen-bond acceptors (Lipinski definition) is 5. The highest BCUT2D eigenvalue weighted by Crippen LogP contribution is 2.41. The maximum atomic E-state index is 13.5. The molecule has 7 heteroatoms. The average molecular weight is 521 g/mol. The average Bonchev–Trinajstić information content (AvgIpc) is 3.65. The Morgan fingerprint density at radius 3 is 2.15 bits per heavy atom. The van der Waals surface area contributed by atoms with Crippen molar-refractivity contribution in [1.29, 1.82) is 10.5 Å². The number of piperidine rings is 1. The summed E-state index contributed by atoms with van der Waals surface area (Å²) < 4.78 is 2.01. The SMILES string of the molecule is N#CCCN(CCC#N)c1ccc(CN2CCC3(CCN(C(=O)c4ccccc4-n4cccc4)CC3)C2)cc1. The van der Waals surface area contributed by atoms with Crippen LogP contribution in [-0.2, 0) is 6.54 Å². The Morgan fingerprint density at radius 2 is 1.49 bits per heavy atom. The lowest BCUT2D eigenvalue weighted by atomic mass is 9.77. The number of carbonyl (C=O) groups is 1. The molecule has 5 rings (SSSR count). The minimum atomic E-state index is 0.127. The molecule has 0 N–H and O–H groups in total. The van der Waals surface area contributed by atoms with Crippen molar-refractivity contribution in [3.8, 4) is 17.8 Å². The van der Waals surface area contributed by atoms with Gasteiger partial charge >= 0.3 is 0 Å². The number of hydrogen-bond donors (Lipinski definition) is 0. The topological polar surface area (TPSA) is 79.3 Å². The van der Waals surface area contributed by atoms with Gasteiger partial charge in [-0.25, -0.2) is 0 Å². The van der Waals surface area contributed by atoms with Gasteiger partial charge in [0.2, 0.25) is 0 Å². The molecule has 2 aromatic carbocycles. The van der Waals surface area contributed by atoms with E-state index >= 15 is 0 Å². The van der Waals surface area contributed by atoms with Crippen molar-refractivity contribution in [1.82, 2.24) is 14.4 Å². The molecule has 2 fully saturated rings. The van der Waals surface area contributed by atoms with Crippen LogP contribution in [0.15, 0.2) is 73.1 Å². The molecule has 0 aliphatic carbocycles. The van der Waals surface area contributed by atoms with E-state index in [0.717, 1.165) is 62.5 Å². The van der Waals surface area contributed by atoms with E-state index in [9.17, 15) is 4.79 Å². The molecule has 1 aromatic heterocycles. The van der Waals surface area contributed by atoms with Crippen LogP contribution in [0.2, 0.25) is 0 Å². The Morgan fingerprint density at radius 1 is 0.846 bits per heavy atom. The van der Waals surface area contributed by atoms with Crippen LogP contribution in [0, 0.1) is 28.1 Å². The molecule has 3 heterocycles. The van der Waals surface area contributed by atoms with Gasteiger partial charge in [-0.1, -0.05) is 24.3 Å². The van der Waals surface area contributed by atoms with Crippen molar-refractivity contribution in [2.45, 2.75) is 38.6 Å². The summed E-state index contributed by atoms with van der Waals surface area (Å²) in [7, 11) is 0. The maximum absolute atomic E-state index is 13.5. The van der Waals surface area contributed by atoms with Crippen LogP contribution in [0.4, 0.5) is 5.69 Å². The molecule has 0 bridgehead atoms. The van der Waals surface area contributed by atoms with Crippen molar-refractivity contribution in [2.24, 2.45) is 5.41 Å². The number of anilines is 1. The summed E-state index contributed by atoms with van der Waals surface area (Å²) in [4.78, 5) is 20.2. The summed E-state index contributed by atoms with van der Waals surface area (Å²) in [5.41, 5.74) is 4.34. The molecule has 2 aliphatic rings. The van der Waals surface area contributed by atoms with E-state index in [0.29, 0.717) is 31.3 Å². The highest BCUT2D eigenvalue weighted by Gasteiger charge is 2.41. The van der Waals surface area contributed by atoms with Crippen LogP contribution in [0.1, 0.15) is 48.0 Å². The number of amides is 1. The Balaban J connectivity index is 1.16. The lowest BCUT2D eigenvalue weighted by Crippen LogP contribution is -2.44. The molecule has 39 heavy (non-hydrogen) atoms. The van der Waals surface area contributed by atoms with E-state index in [4.69, 9.17) is 10.5 Å². The molecule has 200 valence electrons. The van der Waals surface area contributed by atoms with Gasteiger partial charge in [-0.3, -0.25) is 9.69 Å². The number of carbonyl (C=O) groups excluding carboxylic acids is 1. The maximum Gasteiger partial charge on any atom is 0.255 e. The number of aromatic nitrogens is 1. The Kier molecular flexibility index (Phi) is 8.30. The number of nitriles is 2. The monoisotopic (exact) mass is 520 g/mol. The summed E-state index contributed by atoms with van der Waals surface area (Å²) in [5, 5.41) is 17.9. The minimum Gasteiger partial charge on any atom is -0.369 e. The summed E-state index contributed by atoms with van der Waals surface area (Å²) in [6.45, 7) is 5.99. The second-order valence-corrected chi connectivity index (χ2v) is 10.8. The molecule has 0 saturated carbocycles. The molecule has 7 nitrogen and oxygen atoms in total. The molecule has 2 aliphatic heterocycles. The van der Waals surface area contributed by atoms with Crippen LogP contribution in [0.25, 0.3) is 5.69 Å². The molecule has 0 radical (unpaired) electrons. The van der Waals surface area contributed by atoms with Gasteiger partial charge < -0.3 is 14.4 Å².